The van der Waals surface area contributed by atoms with Crippen molar-refractivity contribution in [1.82, 2.24) is 0 Å². The average Bonchev–Trinajstić information content (AvgIpc) is 2.51. The molecule has 0 nitrogen and oxygen atoms in total. The van der Waals surface area contributed by atoms with Gasteiger partial charge in [0, 0.05) is 18.9 Å². The molecule has 3 rings (SSSR count). The molecule has 0 aromatic heterocycles. The van der Waals surface area contributed by atoms with Crippen LogP contribution in [0, 0.1) is 62.3 Å². The van der Waals surface area contributed by atoms with Gasteiger partial charge in [0.1, 0.15) is 0 Å². The second kappa shape index (κ2) is 8.99. The van der Waals surface area contributed by atoms with Crippen LogP contribution in [0.3, 0.4) is 0 Å². The molecule has 29 heavy (non-hydrogen) atoms. The fraction of sp³-hybridized carbons (Fsp3) is 0.333. The Morgan fingerprint density at radius 3 is 0.724 bits per heavy atom. The van der Waals surface area contributed by atoms with Crippen molar-refractivity contribution in [1.29, 1.82) is 0 Å². The summed E-state index contributed by atoms with van der Waals surface area (Å²) in [5.74, 6) is 0. The Morgan fingerprint density at radius 2 is 0.552 bits per heavy atom. The Morgan fingerprint density at radius 1 is 0.379 bits per heavy atom. The summed E-state index contributed by atoms with van der Waals surface area (Å²) in [6.07, 6.45) is 0. The molecule has 0 N–H and O–H groups in total. The van der Waals surface area contributed by atoms with Crippen LogP contribution in [0.15, 0.2) is 36.4 Å². The van der Waals surface area contributed by atoms with Crippen LogP contribution in [0.5, 0.6) is 0 Å². The van der Waals surface area contributed by atoms with E-state index in [9.17, 15) is 0 Å². The van der Waals surface area contributed by atoms with E-state index >= 15 is 0 Å². The first-order valence-electron chi connectivity index (χ1n) is 10.3. The summed E-state index contributed by atoms with van der Waals surface area (Å²) in [5, 5.41) is 0. The quantitative estimate of drug-likeness (QED) is 0.587. The maximum atomic E-state index is 2.34. The summed E-state index contributed by atoms with van der Waals surface area (Å²) in [5.41, 5.74) is 16.8. The zero-order chi connectivity index (χ0) is 20.7. The van der Waals surface area contributed by atoms with Gasteiger partial charge >= 0.3 is 0 Å². The van der Waals surface area contributed by atoms with Gasteiger partial charge < -0.3 is 0 Å². The van der Waals surface area contributed by atoms with E-state index in [1.54, 1.807) is 0 Å². The molecule has 0 heterocycles. The molecule has 0 fully saturated rings. The van der Waals surface area contributed by atoms with Gasteiger partial charge in [-0.3, -0.25) is 0 Å². The fourth-order valence-corrected chi connectivity index (χ4v) is 5.37. The molecule has 0 atom stereocenters. The van der Waals surface area contributed by atoms with Crippen LogP contribution in [0.1, 0.15) is 50.1 Å². The van der Waals surface area contributed by atoms with Crippen molar-refractivity contribution in [3.63, 3.8) is 0 Å². The fourth-order valence-electron chi connectivity index (χ4n) is 5.37. The van der Waals surface area contributed by atoms with Gasteiger partial charge in [-0.15, -0.1) is 0 Å². The summed E-state index contributed by atoms with van der Waals surface area (Å²) in [6.45, 7) is 20.5. The Bertz CT molecular complexity index is 856. The third kappa shape index (κ3) is 4.58. The van der Waals surface area contributed by atoms with Crippen LogP contribution in [0.2, 0.25) is 0 Å². The molecule has 145 valence electrons. The van der Waals surface area contributed by atoms with Gasteiger partial charge in [0.15, 0.2) is 0 Å². The van der Waals surface area contributed by atoms with Crippen LogP contribution in [0.25, 0.3) is 0 Å². The molecular formula is C27H33BLi. The summed E-state index contributed by atoms with van der Waals surface area (Å²) in [7, 11) is 0. The molecule has 2 heteroatoms. The topological polar surface area (TPSA) is 0 Å². The molecule has 0 amide bonds. The average molecular weight is 375 g/mol. The van der Waals surface area contributed by atoms with Gasteiger partial charge in [-0.05, 0) is 62.3 Å². The van der Waals surface area contributed by atoms with E-state index < -0.39 is 0 Å². The van der Waals surface area contributed by atoms with Gasteiger partial charge in [0.2, 0.25) is 6.71 Å². The summed E-state index contributed by atoms with van der Waals surface area (Å²) in [4.78, 5) is 0. The van der Waals surface area contributed by atoms with E-state index in [0.717, 1.165) is 0 Å². The molecule has 0 unspecified atom stereocenters. The van der Waals surface area contributed by atoms with Crippen LogP contribution in [-0.2, 0) is 0 Å². The van der Waals surface area contributed by atoms with E-state index in [2.05, 4.69) is 98.7 Å². The van der Waals surface area contributed by atoms with Crippen molar-refractivity contribution in [2.45, 2.75) is 62.3 Å². The zero-order valence-electron chi connectivity index (χ0n) is 20.0. The molecule has 0 bridgehead atoms. The maximum Gasteiger partial charge on any atom is 0.243 e. The standard InChI is InChI=1S/C27H33B.Li/c1-16-10-19(4)25(20(5)11-16)28(26-21(6)12-17(2)13-22(26)7)27-23(8)14-18(3)15-24(27)9;/h10-15H,1-9H3;. The van der Waals surface area contributed by atoms with Crippen molar-refractivity contribution < 1.29 is 0 Å². The van der Waals surface area contributed by atoms with Crippen molar-refractivity contribution >= 4 is 42.0 Å². The van der Waals surface area contributed by atoms with Gasteiger partial charge in [-0.1, -0.05) is 103 Å². The predicted molar refractivity (Wildman–Crippen MR) is 132 cm³/mol. The van der Waals surface area contributed by atoms with Gasteiger partial charge in [0.05, 0.1) is 0 Å². The minimum absolute atomic E-state index is 0. The summed E-state index contributed by atoms with van der Waals surface area (Å²) in [6, 6.07) is 14.0. The maximum absolute atomic E-state index is 2.34. The second-order valence-electron chi connectivity index (χ2n) is 8.87. The summed E-state index contributed by atoms with van der Waals surface area (Å²) >= 11 is 0. The van der Waals surface area contributed by atoms with E-state index in [0.29, 0.717) is 0 Å². The Balaban J connectivity index is 0.00000300. The smallest absolute Gasteiger partial charge is 0.0629 e. The van der Waals surface area contributed by atoms with Crippen LogP contribution >= 0.6 is 0 Å². The van der Waals surface area contributed by atoms with Gasteiger partial charge in [-0.25, -0.2) is 0 Å². The first kappa shape index (κ1) is 23.6. The Labute approximate surface area is 190 Å². The molecule has 0 spiro atoms. The van der Waals surface area contributed by atoms with Crippen LogP contribution < -0.4 is 16.4 Å². The van der Waals surface area contributed by atoms with Crippen LogP contribution in [-0.4, -0.2) is 25.6 Å². The first-order valence-corrected chi connectivity index (χ1v) is 10.3. The molecular weight excluding hydrogens is 342 g/mol. The van der Waals surface area contributed by atoms with Crippen molar-refractivity contribution in [3.8, 4) is 0 Å². The molecule has 0 aliphatic heterocycles. The van der Waals surface area contributed by atoms with E-state index in [1.165, 1.54) is 66.5 Å². The third-order valence-electron chi connectivity index (χ3n) is 6.08. The molecule has 0 aliphatic rings. The Hall–Kier alpha value is -1.68. The van der Waals surface area contributed by atoms with Crippen molar-refractivity contribution in [2.24, 2.45) is 0 Å². The SMILES string of the molecule is Cc1cc(C)c(B(c2c(C)cc(C)cc2C)c2c(C)cc(C)cc2C)c(C)c1.[Li]. The Kier molecular flexibility index (Phi) is 7.32. The van der Waals surface area contributed by atoms with E-state index in [1.807, 2.05) is 0 Å². The largest absolute Gasteiger partial charge is 0.243 e. The summed E-state index contributed by atoms with van der Waals surface area (Å²) < 4.78 is 0. The van der Waals surface area contributed by atoms with Gasteiger partial charge in [-0.2, -0.15) is 0 Å². The minimum Gasteiger partial charge on any atom is -0.0629 e. The first-order chi connectivity index (χ1) is 13.1. The third-order valence-corrected chi connectivity index (χ3v) is 6.08. The van der Waals surface area contributed by atoms with Crippen molar-refractivity contribution in [2.75, 3.05) is 0 Å². The molecule has 0 saturated heterocycles. The minimum atomic E-state index is 0. The van der Waals surface area contributed by atoms with Gasteiger partial charge in [0.25, 0.3) is 0 Å². The number of hydrogen-bond donors (Lipinski definition) is 0. The molecule has 0 aliphatic carbocycles. The number of rotatable bonds is 3. The number of aryl methyl sites for hydroxylation is 9. The predicted octanol–water partition coefficient (Wildman–Crippen LogP) is 4.60. The molecule has 1 radical (unpaired) electrons. The normalized spacial score (nSPS) is 10.7. The van der Waals surface area contributed by atoms with Crippen molar-refractivity contribution in [3.05, 3.63) is 86.5 Å². The van der Waals surface area contributed by atoms with E-state index in [4.69, 9.17) is 0 Å². The zero-order valence-corrected chi connectivity index (χ0v) is 20.0. The monoisotopic (exact) mass is 375 g/mol. The van der Waals surface area contributed by atoms with E-state index in [-0.39, 0.29) is 25.6 Å². The van der Waals surface area contributed by atoms with Crippen LogP contribution in [0.4, 0.5) is 0 Å². The molecule has 3 aromatic carbocycles. The molecule has 0 saturated carbocycles. The molecule has 3 aromatic rings. The number of hydrogen-bond acceptors (Lipinski definition) is 0. The number of benzene rings is 3. The second-order valence-corrected chi connectivity index (χ2v) is 8.87.